The van der Waals surface area contributed by atoms with Crippen LogP contribution < -0.4 is 19.5 Å². The zero-order valence-electron chi connectivity index (χ0n) is 19.7. The predicted molar refractivity (Wildman–Crippen MR) is 130 cm³/mol. The van der Waals surface area contributed by atoms with Gasteiger partial charge < -0.3 is 14.8 Å². The minimum atomic E-state index is -3.66. The van der Waals surface area contributed by atoms with Crippen molar-refractivity contribution in [3.8, 4) is 17.4 Å². The quantitative estimate of drug-likeness (QED) is 0.471. The van der Waals surface area contributed by atoms with Crippen molar-refractivity contribution in [3.63, 3.8) is 0 Å². The Morgan fingerprint density at radius 3 is 2.24 bits per heavy atom. The normalized spacial score (nSPS) is 11.6. The number of nitrogens with zero attached hydrogens (tertiary/aromatic N) is 1. The van der Waals surface area contributed by atoms with E-state index in [-0.39, 0.29) is 17.3 Å². The lowest BCUT2D eigenvalue weighted by atomic mass is 10.1. The first-order chi connectivity index (χ1) is 16.1. The van der Waals surface area contributed by atoms with Gasteiger partial charge in [0.15, 0.2) is 11.5 Å². The fourth-order valence-electron chi connectivity index (χ4n) is 3.03. The molecule has 2 N–H and O–H groups in total. The second-order valence-corrected chi connectivity index (χ2v) is 10.2. The number of pyridine rings is 1. The molecule has 1 amide bonds. The summed E-state index contributed by atoms with van der Waals surface area (Å²) in [5.74, 6) is 1.29. The van der Waals surface area contributed by atoms with E-state index in [2.05, 4.69) is 15.0 Å². The summed E-state index contributed by atoms with van der Waals surface area (Å²) in [6.45, 7) is 7.98. The van der Waals surface area contributed by atoms with Crippen LogP contribution in [-0.2, 0) is 16.6 Å². The number of nitrogens with one attached hydrogen (secondary N) is 2. The molecule has 9 heteroatoms. The van der Waals surface area contributed by atoms with E-state index in [1.54, 1.807) is 45.2 Å². The van der Waals surface area contributed by atoms with Gasteiger partial charge in [0.25, 0.3) is 5.91 Å². The number of benzene rings is 2. The van der Waals surface area contributed by atoms with Crippen molar-refractivity contribution < 1.29 is 22.7 Å². The minimum Gasteiger partial charge on any atom is -0.490 e. The Bertz CT molecular complexity index is 1220. The highest BCUT2D eigenvalue weighted by molar-refractivity contribution is 7.89. The molecule has 3 rings (SSSR count). The lowest BCUT2D eigenvalue weighted by Gasteiger charge is -2.20. The Labute approximate surface area is 200 Å². The first-order valence-electron chi connectivity index (χ1n) is 10.8. The third kappa shape index (κ3) is 7.03. The van der Waals surface area contributed by atoms with Crippen LogP contribution in [0.2, 0.25) is 0 Å². The highest BCUT2D eigenvalue weighted by atomic mass is 32.2. The van der Waals surface area contributed by atoms with E-state index in [0.717, 1.165) is 5.56 Å². The lowest BCUT2D eigenvalue weighted by Crippen LogP contribution is -2.40. The average molecular weight is 484 g/mol. The number of sulfonamides is 1. The number of carbonyl (C=O) groups is 1. The van der Waals surface area contributed by atoms with E-state index >= 15 is 0 Å². The molecule has 0 spiro atoms. The number of carbonyl (C=O) groups excluding carboxylic acids is 1. The maximum Gasteiger partial charge on any atom is 0.251 e. The van der Waals surface area contributed by atoms with Gasteiger partial charge in [-0.2, -0.15) is 0 Å². The molecule has 0 atom stereocenters. The number of hydrogen-bond donors (Lipinski definition) is 2. The Morgan fingerprint density at radius 1 is 0.971 bits per heavy atom. The molecule has 0 aliphatic rings. The summed E-state index contributed by atoms with van der Waals surface area (Å²) in [5, 5.41) is 2.80. The van der Waals surface area contributed by atoms with Gasteiger partial charge in [0, 0.05) is 29.9 Å². The number of hydrogen-bond acceptors (Lipinski definition) is 6. The fourth-order valence-corrected chi connectivity index (χ4v) is 4.45. The molecule has 1 heterocycles. The van der Waals surface area contributed by atoms with Gasteiger partial charge in [0.1, 0.15) is 0 Å². The van der Waals surface area contributed by atoms with Gasteiger partial charge in [-0.15, -0.1) is 0 Å². The van der Waals surface area contributed by atoms with Gasteiger partial charge in [-0.3, -0.25) is 4.79 Å². The Kier molecular flexibility index (Phi) is 7.90. The third-order valence-electron chi connectivity index (χ3n) is 4.48. The van der Waals surface area contributed by atoms with Gasteiger partial charge in [-0.1, -0.05) is 18.2 Å². The highest BCUT2D eigenvalue weighted by Gasteiger charge is 2.22. The molecule has 0 saturated heterocycles. The molecule has 0 saturated carbocycles. The van der Waals surface area contributed by atoms with E-state index in [1.807, 2.05) is 25.1 Å². The van der Waals surface area contributed by atoms with Crippen LogP contribution in [0.4, 0.5) is 0 Å². The van der Waals surface area contributed by atoms with Crippen LogP contribution in [0.25, 0.3) is 0 Å². The van der Waals surface area contributed by atoms with Gasteiger partial charge in [0.2, 0.25) is 15.9 Å². The fraction of sp³-hybridized carbons (Fsp3) is 0.280. The number of rotatable bonds is 9. The van der Waals surface area contributed by atoms with E-state index in [1.165, 1.54) is 24.3 Å². The molecule has 0 unspecified atom stereocenters. The molecule has 0 fully saturated rings. The largest absolute Gasteiger partial charge is 0.490 e. The maximum atomic E-state index is 12.5. The molecule has 3 aromatic rings. The highest BCUT2D eigenvalue weighted by Crippen LogP contribution is 2.30. The molecule has 180 valence electrons. The summed E-state index contributed by atoms with van der Waals surface area (Å²) in [4.78, 5) is 16.9. The lowest BCUT2D eigenvalue weighted by molar-refractivity contribution is 0.0950. The molecule has 8 nitrogen and oxygen atoms in total. The number of ether oxygens (including phenoxy) is 2. The molecule has 0 bridgehead atoms. The zero-order chi connectivity index (χ0) is 24.8. The van der Waals surface area contributed by atoms with Gasteiger partial charge in [-0.05, 0) is 69.7 Å². The Morgan fingerprint density at radius 2 is 1.65 bits per heavy atom. The van der Waals surface area contributed by atoms with Crippen molar-refractivity contribution in [1.82, 2.24) is 15.0 Å². The first-order valence-corrected chi connectivity index (χ1v) is 12.3. The number of aromatic nitrogens is 1. The molecule has 2 aromatic carbocycles. The van der Waals surface area contributed by atoms with Crippen LogP contribution in [0, 0.1) is 0 Å². The van der Waals surface area contributed by atoms with Crippen LogP contribution in [0.5, 0.6) is 17.4 Å². The SMILES string of the molecule is CCOc1ccccc1Oc1ccc(CNC(=O)c2ccc(S(=O)(=O)NC(C)(C)C)cc2)cn1. The Balaban J connectivity index is 1.58. The first kappa shape index (κ1) is 25.2. The summed E-state index contributed by atoms with van der Waals surface area (Å²) in [6, 6.07) is 16.7. The van der Waals surface area contributed by atoms with Crippen molar-refractivity contribution in [1.29, 1.82) is 0 Å². The monoisotopic (exact) mass is 483 g/mol. The predicted octanol–water partition coefficient (Wildman–Crippen LogP) is 4.28. The van der Waals surface area contributed by atoms with Crippen LogP contribution >= 0.6 is 0 Å². The topological polar surface area (TPSA) is 107 Å². The number of amides is 1. The third-order valence-corrected chi connectivity index (χ3v) is 6.26. The molecule has 1 aromatic heterocycles. The summed E-state index contributed by atoms with van der Waals surface area (Å²) in [5.41, 5.74) is 0.540. The van der Waals surface area contributed by atoms with Crippen LogP contribution in [0.3, 0.4) is 0 Å². The standard InChI is InChI=1S/C25H29N3O5S/c1-5-32-21-8-6-7-9-22(21)33-23-15-10-18(16-26-23)17-27-24(29)19-11-13-20(14-12-19)34(30,31)28-25(2,3)4/h6-16,28H,5,17H2,1-4H3,(H,27,29). The van der Waals surface area contributed by atoms with E-state index in [9.17, 15) is 13.2 Å². The second-order valence-electron chi connectivity index (χ2n) is 8.55. The Hall–Kier alpha value is -3.43. The number of para-hydroxylation sites is 2. The summed E-state index contributed by atoms with van der Waals surface area (Å²) in [7, 11) is -3.66. The van der Waals surface area contributed by atoms with Crippen LogP contribution in [0.1, 0.15) is 43.6 Å². The van der Waals surface area contributed by atoms with Gasteiger partial charge in [-0.25, -0.2) is 18.1 Å². The maximum absolute atomic E-state index is 12.5. The van der Waals surface area contributed by atoms with Crippen LogP contribution in [0.15, 0.2) is 71.8 Å². The van der Waals surface area contributed by atoms with Gasteiger partial charge in [0.05, 0.1) is 11.5 Å². The summed E-state index contributed by atoms with van der Waals surface area (Å²) in [6.07, 6.45) is 1.62. The van der Waals surface area contributed by atoms with E-state index in [0.29, 0.717) is 29.5 Å². The van der Waals surface area contributed by atoms with Crippen molar-refractivity contribution in [3.05, 3.63) is 78.0 Å². The molecular formula is C25H29N3O5S. The zero-order valence-corrected chi connectivity index (χ0v) is 20.5. The molecule has 0 aliphatic carbocycles. The van der Waals surface area contributed by atoms with E-state index in [4.69, 9.17) is 9.47 Å². The summed E-state index contributed by atoms with van der Waals surface area (Å²) < 4.78 is 38.7. The van der Waals surface area contributed by atoms with Crippen molar-refractivity contribution in [2.75, 3.05) is 6.61 Å². The van der Waals surface area contributed by atoms with Crippen molar-refractivity contribution >= 4 is 15.9 Å². The molecule has 0 aliphatic heterocycles. The van der Waals surface area contributed by atoms with Crippen LogP contribution in [-0.4, -0.2) is 31.5 Å². The molecular weight excluding hydrogens is 454 g/mol. The van der Waals surface area contributed by atoms with Crippen molar-refractivity contribution in [2.24, 2.45) is 0 Å². The van der Waals surface area contributed by atoms with Gasteiger partial charge >= 0.3 is 0 Å². The molecule has 34 heavy (non-hydrogen) atoms. The smallest absolute Gasteiger partial charge is 0.251 e. The molecule has 0 radical (unpaired) electrons. The minimum absolute atomic E-state index is 0.102. The summed E-state index contributed by atoms with van der Waals surface area (Å²) >= 11 is 0. The van der Waals surface area contributed by atoms with Crippen molar-refractivity contribution in [2.45, 2.75) is 44.7 Å². The second kappa shape index (κ2) is 10.7. The van der Waals surface area contributed by atoms with E-state index < -0.39 is 15.6 Å². The average Bonchev–Trinajstić information content (AvgIpc) is 2.78.